The molecule has 2 fully saturated rings. The number of H-pyrrole nitrogens is 1. The number of anilines is 4. The molecule has 156 valence electrons. The Balaban J connectivity index is 1.37. The predicted octanol–water partition coefficient (Wildman–Crippen LogP) is 3.73. The summed E-state index contributed by atoms with van der Waals surface area (Å²) in [6.45, 7) is 1.35. The lowest BCUT2D eigenvalue weighted by Crippen LogP contribution is -2.22. The average Bonchev–Trinajstić information content (AvgIpc) is 3.23. The molecule has 0 radical (unpaired) electrons. The predicted molar refractivity (Wildman–Crippen MR) is 112 cm³/mol. The van der Waals surface area contributed by atoms with Crippen molar-refractivity contribution in [3.05, 3.63) is 53.5 Å². The number of nitrogens with two attached hydrogens (primary N) is 1. The Labute approximate surface area is 173 Å². The van der Waals surface area contributed by atoms with Crippen LogP contribution in [0.15, 0.2) is 36.4 Å². The van der Waals surface area contributed by atoms with Crippen LogP contribution >= 0.6 is 0 Å². The van der Waals surface area contributed by atoms with Crippen molar-refractivity contribution in [1.82, 2.24) is 20.2 Å². The zero-order valence-electron chi connectivity index (χ0n) is 16.4. The first-order valence-electron chi connectivity index (χ1n) is 10.2. The van der Waals surface area contributed by atoms with Gasteiger partial charge in [0.1, 0.15) is 17.5 Å². The zero-order valence-corrected chi connectivity index (χ0v) is 16.4. The molecule has 2 aliphatic rings. The second-order valence-corrected chi connectivity index (χ2v) is 7.90. The molecule has 2 unspecified atom stereocenters. The second kappa shape index (κ2) is 7.91. The summed E-state index contributed by atoms with van der Waals surface area (Å²) >= 11 is 0. The highest BCUT2D eigenvalue weighted by Gasteiger charge is 2.28. The van der Waals surface area contributed by atoms with Gasteiger partial charge in [0, 0.05) is 36.3 Å². The smallest absolute Gasteiger partial charge is 0.223 e. The topological polar surface area (TPSA) is 114 Å². The number of aromatic nitrogens is 4. The summed E-state index contributed by atoms with van der Waals surface area (Å²) in [7, 11) is 0. The number of aromatic amines is 1. The van der Waals surface area contributed by atoms with E-state index in [1.165, 1.54) is 25.0 Å². The highest BCUT2D eigenvalue weighted by atomic mass is 19.1. The third-order valence-corrected chi connectivity index (χ3v) is 5.58. The van der Waals surface area contributed by atoms with Crippen molar-refractivity contribution in [1.29, 1.82) is 0 Å². The van der Waals surface area contributed by atoms with E-state index in [4.69, 9.17) is 10.5 Å². The molecule has 8 nitrogen and oxygen atoms in total. The van der Waals surface area contributed by atoms with Gasteiger partial charge in [0.2, 0.25) is 5.95 Å². The van der Waals surface area contributed by atoms with Gasteiger partial charge in [0.25, 0.3) is 0 Å². The molecule has 0 amide bonds. The molecule has 0 bridgehead atoms. The molecular weight excluding hydrogens is 385 g/mol. The van der Waals surface area contributed by atoms with E-state index >= 15 is 0 Å². The Morgan fingerprint density at radius 3 is 2.60 bits per heavy atom. The standard InChI is InChI=1S/C21H24FN7O/c22-15-5-3-13(4-6-15)20(14-7-8-30-11-14)25-18-10-17(26-21(23)27-18)24-19-9-16(28-29-19)12-1-2-12/h3-6,9-10,12,14,20H,1-2,7-8,11H2,(H5,23,24,25,26,27,28,29). The van der Waals surface area contributed by atoms with Crippen LogP contribution in [0.25, 0.3) is 0 Å². The third-order valence-electron chi connectivity index (χ3n) is 5.58. The van der Waals surface area contributed by atoms with Crippen LogP contribution in [0.2, 0.25) is 0 Å². The molecule has 0 spiro atoms. The van der Waals surface area contributed by atoms with Gasteiger partial charge < -0.3 is 21.1 Å². The summed E-state index contributed by atoms with van der Waals surface area (Å²) < 4.78 is 19.0. The normalized spacial score (nSPS) is 19.6. The van der Waals surface area contributed by atoms with E-state index in [1.54, 1.807) is 18.2 Å². The highest BCUT2D eigenvalue weighted by molar-refractivity contribution is 5.59. The van der Waals surface area contributed by atoms with Gasteiger partial charge in [-0.25, -0.2) is 4.39 Å². The third kappa shape index (κ3) is 4.20. The molecule has 1 aliphatic heterocycles. The number of hydrogen-bond acceptors (Lipinski definition) is 7. The molecule has 1 aromatic carbocycles. The maximum Gasteiger partial charge on any atom is 0.223 e. The Kier molecular flexibility index (Phi) is 4.96. The van der Waals surface area contributed by atoms with Crippen molar-refractivity contribution in [2.75, 3.05) is 29.6 Å². The van der Waals surface area contributed by atoms with Crippen LogP contribution in [0, 0.1) is 11.7 Å². The molecule has 5 N–H and O–H groups in total. The van der Waals surface area contributed by atoms with Crippen LogP contribution in [0.4, 0.5) is 27.8 Å². The Morgan fingerprint density at radius 1 is 1.07 bits per heavy atom. The van der Waals surface area contributed by atoms with Crippen LogP contribution in [0.5, 0.6) is 0 Å². The van der Waals surface area contributed by atoms with Crippen LogP contribution in [-0.4, -0.2) is 33.4 Å². The van der Waals surface area contributed by atoms with E-state index in [-0.39, 0.29) is 23.7 Å². The van der Waals surface area contributed by atoms with Crippen molar-refractivity contribution >= 4 is 23.4 Å². The van der Waals surface area contributed by atoms with E-state index in [2.05, 4.69) is 30.8 Å². The number of hydrogen-bond donors (Lipinski definition) is 4. The molecule has 2 aromatic heterocycles. The summed E-state index contributed by atoms with van der Waals surface area (Å²) in [5.74, 6) is 2.56. The first kappa shape index (κ1) is 18.8. The minimum Gasteiger partial charge on any atom is -0.381 e. The van der Waals surface area contributed by atoms with Crippen molar-refractivity contribution in [2.45, 2.75) is 31.2 Å². The van der Waals surface area contributed by atoms with Gasteiger partial charge in [-0.1, -0.05) is 12.1 Å². The van der Waals surface area contributed by atoms with Crippen LogP contribution in [0.3, 0.4) is 0 Å². The molecule has 3 heterocycles. The molecular formula is C21H24FN7O. The molecule has 1 aliphatic carbocycles. The Morgan fingerprint density at radius 2 is 1.87 bits per heavy atom. The summed E-state index contributed by atoms with van der Waals surface area (Å²) in [6.07, 6.45) is 3.32. The molecule has 1 saturated carbocycles. The summed E-state index contributed by atoms with van der Waals surface area (Å²) in [6, 6.07) is 10.2. The number of nitrogens with one attached hydrogen (secondary N) is 3. The lowest BCUT2D eigenvalue weighted by molar-refractivity contribution is 0.182. The van der Waals surface area contributed by atoms with Crippen LogP contribution < -0.4 is 16.4 Å². The van der Waals surface area contributed by atoms with Crippen LogP contribution in [0.1, 0.15) is 42.5 Å². The molecule has 5 rings (SSSR count). The first-order valence-corrected chi connectivity index (χ1v) is 10.2. The van der Waals surface area contributed by atoms with E-state index in [9.17, 15) is 4.39 Å². The quantitative estimate of drug-likeness (QED) is 0.470. The lowest BCUT2D eigenvalue weighted by atomic mass is 9.92. The van der Waals surface area contributed by atoms with E-state index in [0.717, 1.165) is 17.7 Å². The van der Waals surface area contributed by atoms with Gasteiger partial charge in [0.05, 0.1) is 12.6 Å². The minimum absolute atomic E-state index is 0.0814. The van der Waals surface area contributed by atoms with Gasteiger partial charge >= 0.3 is 0 Å². The Bertz CT molecular complexity index is 1010. The van der Waals surface area contributed by atoms with Crippen molar-refractivity contribution in [2.24, 2.45) is 5.92 Å². The summed E-state index contributed by atoms with van der Waals surface area (Å²) in [4.78, 5) is 8.62. The van der Waals surface area contributed by atoms with Gasteiger partial charge in [-0.3, -0.25) is 5.10 Å². The fraction of sp³-hybridized carbons (Fsp3) is 0.381. The fourth-order valence-corrected chi connectivity index (χ4v) is 3.86. The lowest BCUT2D eigenvalue weighted by Gasteiger charge is -2.25. The number of halogens is 1. The van der Waals surface area contributed by atoms with Crippen molar-refractivity contribution in [3.63, 3.8) is 0 Å². The molecule has 2 atom stereocenters. The Hall–Kier alpha value is -3.20. The van der Waals surface area contributed by atoms with Gasteiger partial charge in [-0.05, 0) is 37.0 Å². The van der Waals surface area contributed by atoms with Crippen LogP contribution in [-0.2, 0) is 4.74 Å². The SMILES string of the molecule is Nc1nc(Nc2cc(C3CC3)[nH]n2)cc(NC(c2ccc(F)cc2)C2CCOC2)n1. The van der Waals surface area contributed by atoms with E-state index in [1.807, 2.05) is 6.07 Å². The number of benzene rings is 1. The minimum atomic E-state index is -0.262. The van der Waals surface area contributed by atoms with Crippen molar-refractivity contribution < 1.29 is 9.13 Å². The zero-order chi connectivity index (χ0) is 20.5. The number of nitrogen functional groups attached to an aromatic ring is 1. The average molecular weight is 409 g/mol. The van der Waals surface area contributed by atoms with E-state index in [0.29, 0.717) is 36.6 Å². The van der Waals surface area contributed by atoms with Gasteiger partial charge in [0.15, 0.2) is 5.82 Å². The van der Waals surface area contributed by atoms with Gasteiger partial charge in [-0.2, -0.15) is 15.1 Å². The fourth-order valence-electron chi connectivity index (χ4n) is 3.86. The van der Waals surface area contributed by atoms with Crippen molar-refractivity contribution in [3.8, 4) is 0 Å². The largest absolute Gasteiger partial charge is 0.381 e. The summed E-state index contributed by atoms with van der Waals surface area (Å²) in [5, 5.41) is 14.0. The maximum absolute atomic E-state index is 13.4. The summed E-state index contributed by atoms with van der Waals surface area (Å²) in [5.41, 5.74) is 8.07. The number of ether oxygens (including phenoxy) is 1. The maximum atomic E-state index is 13.4. The molecule has 30 heavy (non-hydrogen) atoms. The molecule has 1 saturated heterocycles. The van der Waals surface area contributed by atoms with E-state index < -0.39 is 0 Å². The number of nitrogens with zero attached hydrogens (tertiary/aromatic N) is 3. The highest BCUT2D eigenvalue weighted by Crippen LogP contribution is 2.39. The van der Waals surface area contributed by atoms with Gasteiger partial charge in [-0.15, -0.1) is 0 Å². The number of rotatable bonds is 7. The molecule has 3 aromatic rings. The monoisotopic (exact) mass is 409 g/mol. The molecule has 9 heteroatoms. The first-order chi connectivity index (χ1) is 14.6. The second-order valence-electron chi connectivity index (χ2n) is 7.90.